The average molecular weight is 378 g/mol. The molecule has 0 spiro atoms. The SMILES string of the molecule is COc1cccc2c1CCCC2CCNCCc1ccc2c(c1)C(=O)CCC2. The van der Waals surface area contributed by atoms with Crippen molar-refractivity contribution in [2.75, 3.05) is 20.2 Å². The van der Waals surface area contributed by atoms with Crippen LogP contribution in [0.3, 0.4) is 0 Å². The van der Waals surface area contributed by atoms with Crippen LogP contribution >= 0.6 is 0 Å². The van der Waals surface area contributed by atoms with E-state index in [1.54, 1.807) is 7.11 Å². The Labute approximate surface area is 168 Å². The molecule has 1 unspecified atom stereocenters. The molecule has 0 bridgehead atoms. The Morgan fingerprint density at radius 3 is 2.89 bits per heavy atom. The summed E-state index contributed by atoms with van der Waals surface area (Å²) in [7, 11) is 1.77. The Morgan fingerprint density at radius 2 is 2.00 bits per heavy atom. The lowest BCUT2D eigenvalue weighted by Gasteiger charge is -2.27. The van der Waals surface area contributed by atoms with Gasteiger partial charge in [-0.05, 0) is 98.3 Å². The van der Waals surface area contributed by atoms with Gasteiger partial charge in [-0.1, -0.05) is 24.3 Å². The molecule has 2 aliphatic carbocycles. The Hall–Kier alpha value is -2.13. The molecule has 0 fully saturated rings. The molecule has 2 aromatic rings. The summed E-state index contributed by atoms with van der Waals surface area (Å²) in [4.78, 5) is 12.1. The average Bonchev–Trinajstić information content (AvgIpc) is 2.73. The minimum Gasteiger partial charge on any atom is -0.496 e. The Morgan fingerprint density at radius 1 is 1.07 bits per heavy atom. The van der Waals surface area contributed by atoms with E-state index in [4.69, 9.17) is 4.74 Å². The maximum absolute atomic E-state index is 12.1. The number of aryl methyl sites for hydroxylation is 1. The van der Waals surface area contributed by atoms with E-state index in [0.29, 0.717) is 18.1 Å². The number of ketones is 1. The van der Waals surface area contributed by atoms with Gasteiger partial charge in [0.15, 0.2) is 5.78 Å². The van der Waals surface area contributed by atoms with Crippen molar-refractivity contribution in [1.82, 2.24) is 5.32 Å². The molecule has 0 saturated carbocycles. The van der Waals surface area contributed by atoms with Gasteiger partial charge in [0, 0.05) is 12.0 Å². The van der Waals surface area contributed by atoms with Crippen molar-refractivity contribution in [2.24, 2.45) is 0 Å². The highest BCUT2D eigenvalue weighted by Gasteiger charge is 2.22. The molecule has 0 radical (unpaired) electrons. The van der Waals surface area contributed by atoms with Gasteiger partial charge in [0.2, 0.25) is 0 Å². The van der Waals surface area contributed by atoms with Gasteiger partial charge in [-0.3, -0.25) is 4.79 Å². The Balaban J connectivity index is 1.27. The monoisotopic (exact) mass is 377 g/mol. The molecular formula is C25H31NO2. The van der Waals surface area contributed by atoms with Crippen LogP contribution in [0.2, 0.25) is 0 Å². The van der Waals surface area contributed by atoms with E-state index in [1.165, 1.54) is 41.5 Å². The van der Waals surface area contributed by atoms with Gasteiger partial charge in [-0.25, -0.2) is 0 Å². The maximum atomic E-state index is 12.1. The molecular weight excluding hydrogens is 346 g/mol. The fourth-order valence-corrected chi connectivity index (χ4v) is 4.87. The molecule has 3 heteroatoms. The molecule has 0 amide bonds. The number of fused-ring (bicyclic) bond motifs is 2. The molecule has 0 aliphatic heterocycles. The van der Waals surface area contributed by atoms with Gasteiger partial charge in [0.1, 0.15) is 5.75 Å². The third-order valence-electron chi connectivity index (χ3n) is 6.39. The highest BCUT2D eigenvalue weighted by Crippen LogP contribution is 2.38. The van der Waals surface area contributed by atoms with Crippen LogP contribution in [-0.2, 0) is 19.3 Å². The maximum Gasteiger partial charge on any atom is 0.163 e. The normalized spacial score (nSPS) is 18.5. The molecule has 4 rings (SSSR count). The predicted molar refractivity (Wildman–Crippen MR) is 114 cm³/mol. The second-order valence-electron chi connectivity index (χ2n) is 8.17. The van der Waals surface area contributed by atoms with Crippen LogP contribution in [-0.4, -0.2) is 26.0 Å². The molecule has 28 heavy (non-hydrogen) atoms. The van der Waals surface area contributed by atoms with Crippen molar-refractivity contribution in [3.63, 3.8) is 0 Å². The topological polar surface area (TPSA) is 38.3 Å². The lowest BCUT2D eigenvalue weighted by Crippen LogP contribution is -2.22. The van der Waals surface area contributed by atoms with Crippen LogP contribution in [0.15, 0.2) is 36.4 Å². The van der Waals surface area contributed by atoms with Crippen molar-refractivity contribution >= 4 is 5.78 Å². The van der Waals surface area contributed by atoms with E-state index in [0.717, 1.165) is 50.1 Å². The minimum absolute atomic E-state index is 0.322. The number of Topliss-reactive ketones (excluding diaryl/α,β-unsaturated/α-hetero) is 1. The highest BCUT2D eigenvalue weighted by molar-refractivity contribution is 5.98. The van der Waals surface area contributed by atoms with E-state index >= 15 is 0 Å². The standard InChI is InChI=1S/C25H31NO2/c1-28-25-10-4-7-21-20(5-2-8-22(21)25)14-16-26-15-13-18-11-12-19-6-3-9-24(27)23(19)17-18/h4,7,10-12,17,20,26H,2-3,5-6,8-9,13-16H2,1H3. The molecule has 2 aromatic carbocycles. The largest absolute Gasteiger partial charge is 0.496 e. The van der Waals surface area contributed by atoms with Crippen molar-refractivity contribution < 1.29 is 9.53 Å². The highest BCUT2D eigenvalue weighted by atomic mass is 16.5. The number of ether oxygens (including phenoxy) is 1. The van der Waals surface area contributed by atoms with Crippen LogP contribution in [0.1, 0.15) is 70.6 Å². The number of carbonyl (C=O) groups excluding carboxylic acids is 1. The zero-order valence-corrected chi connectivity index (χ0v) is 16.9. The Kier molecular flexibility index (Phi) is 6.11. The van der Waals surface area contributed by atoms with Crippen molar-refractivity contribution in [1.29, 1.82) is 0 Å². The summed E-state index contributed by atoms with van der Waals surface area (Å²) in [5.41, 5.74) is 6.38. The second-order valence-corrected chi connectivity index (χ2v) is 8.17. The first-order valence-corrected chi connectivity index (χ1v) is 10.8. The molecule has 0 heterocycles. The van der Waals surface area contributed by atoms with Crippen LogP contribution in [0.5, 0.6) is 5.75 Å². The van der Waals surface area contributed by atoms with Crippen LogP contribution in [0, 0.1) is 0 Å². The van der Waals surface area contributed by atoms with Crippen molar-refractivity contribution in [3.8, 4) is 5.75 Å². The quantitative estimate of drug-likeness (QED) is 0.701. The lowest BCUT2D eigenvalue weighted by atomic mass is 9.80. The summed E-state index contributed by atoms with van der Waals surface area (Å²) < 4.78 is 5.56. The number of hydrogen-bond acceptors (Lipinski definition) is 3. The first-order valence-electron chi connectivity index (χ1n) is 10.8. The van der Waals surface area contributed by atoms with Gasteiger partial charge in [0.05, 0.1) is 7.11 Å². The van der Waals surface area contributed by atoms with Crippen LogP contribution < -0.4 is 10.1 Å². The smallest absolute Gasteiger partial charge is 0.163 e. The summed E-state index contributed by atoms with van der Waals surface area (Å²) in [6.07, 6.45) is 8.58. The number of carbonyl (C=O) groups is 1. The van der Waals surface area contributed by atoms with Crippen molar-refractivity contribution in [3.05, 3.63) is 64.2 Å². The van der Waals surface area contributed by atoms with Crippen molar-refractivity contribution in [2.45, 2.75) is 57.3 Å². The van der Waals surface area contributed by atoms with E-state index in [1.807, 2.05) is 0 Å². The molecule has 2 aliphatic rings. The van der Waals surface area contributed by atoms with Gasteiger partial charge in [0.25, 0.3) is 0 Å². The fourth-order valence-electron chi connectivity index (χ4n) is 4.87. The summed E-state index contributed by atoms with van der Waals surface area (Å²) in [6.45, 7) is 2.00. The first-order chi connectivity index (χ1) is 13.8. The van der Waals surface area contributed by atoms with Crippen LogP contribution in [0.4, 0.5) is 0 Å². The van der Waals surface area contributed by atoms with E-state index in [9.17, 15) is 4.79 Å². The van der Waals surface area contributed by atoms with Gasteiger partial charge in [-0.15, -0.1) is 0 Å². The molecule has 148 valence electrons. The zero-order chi connectivity index (χ0) is 19.3. The first kappa shape index (κ1) is 19.2. The number of nitrogens with one attached hydrogen (secondary N) is 1. The molecule has 0 aromatic heterocycles. The summed E-state index contributed by atoms with van der Waals surface area (Å²) in [5.74, 6) is 2.01. The zero-order valence-electron chi connectivity index (χ0n) is 16.9. The second kappa shape index (κ2) is 8.91. The number of hydrogen-bond donors (Lipinski definition) is 1. The third-order valence-corrected chi connectivity index (χ3v) is 6.39. The van der Waals surface area contributed by atoms with E-state index < -0.39 is 0 Å². The Bertz CT molecular complexity index is 842. The number of benzene rings is 2. The lowest BCUT2D eigenvalue weighted by molar-refractivity contribution is 0.0972. The number of rotatable bonds is 7. The van der Waals surface area contributed by atoms with E-state index in [-0.39, 0.29) is 0 Å². The summed E-state index contributed by atoms with van der Waals surface area (Å²) >= 11 is 0. The summed E-state index contributed by atoms with van der Waals surface area (Å²) in [5, 5.41) is 3.62. The number of methoxy groups -OCH3 is 1. The van der Waals surface area contributed by atoms with Crippen LogP contribution in [0.25, 0.3) is 0 Å². The van der Waals surface area contributed by atoms with Gasteiger partial charge in [-0.2, -0.15) is 0 Å². The fraction of sp³-hybridized carbons (Fsp3) is 0.480. The van der Waals surface area contributed by atoms with Gasteiger partial charge < -0.3 is 10.1 Å². The molecule has 1 atom stereocenters. The third kappa shape index (κ3) is 4.15. The molecule has 0 saturated heterocycles. The van der Waals surface area contributed by atoms with Gasteiger partial charge >= 0.3 is 0 Å². The minimum atomic E-state index is 0.322. The summed E-state index contributed by atoms with van der Waals surface area (Å²) in [6, 6.07) is 13.0. The predicted octanol–water partition coefficient (Wildman–Crippen LogP) is 4.86. The molecule has 1 N–H and O–H groups in total. The van der Waals surface area contributed by atoms with E-state index in [2.05, 4.69) is 41.7 Å². The molecule has 3 nitrogen and oxygen atoms in total.